The SMILES string of the molecule is COCC(=O)N1CCN(C(=O)c2cc(C(F)(F)F)cc(C(F)(F)F)c2)[C@H](Cc2ccccc2)C1. The molecule has 184 valence electrons. The summed E-state index contributed by atoms with van der Waals surface area (Å²) in [5.74, 6) is -1.29. The predicted molar refractivity (Wildman–Crippen MR) is 110 cm³/mol. The van der Waals surface area contributed by atoms with Crippen molar-refractivity contribution in [2.75, 3.05) is 33.4 Å². The van der Waals surface area contributed by atoms with Gasteiger partial charge in [0.2, 0.25) is 5.91 Å². The Morgan fingerprint density at radius 1 is 0.941 bits per heavy atom. The van der Waals surface area contributed by atoms with Crippen LogP contribution in [0.25, 0.3) is 0 Å². The number of hydrogen-bond donors (Lipinski definition) is 0. The van der Waals surface area contributed by atoms with Crippen LogP contribution in [0, 0.1) is 0 Å². The van der Waals surface area contributed by atoms with E-state index >= 15 is 0 Å². The fourth-order valence-corrected chi connectivity index (χ4v) is 3.87. The average Bonchev–Trinajstić information content (AvgIpc) is 2.78. The summed E-state index contributed by atoms with van der Waals surface area (Å²) in [6.07, 6.45) is -9.87. The van der Waals surface area contributed by atoms with Gasteiger partial charge >= 0.3 is 12.4 Å². The second-order valence-electron chi connectivity index (χ2n) is 7.91. The quantitative estimate of drug-likeness (QED) is 0.591. The van der Waals surface area contributed by atoms with Gasteiger partial charge in [-0.1, -0.05) is 30.3 Å². The molecule has 0 aliphatic carbocycles. The summed E-state index contributed by atoms with van der Waals surface area (Å²) in [5, 5.41) is 0. The lowest BCUT2D eigenvalue weighted by atomic mass is 9.99. The number of carbonyl (C=O) groups excluding carboxylic acids is 2. The smallest absolute Gasteiger partial charge is 0.375 e. The van der Waals surface area contributed by atoms with E-state index in [2.05, 4.69) is 0 Å². The molecular formula is C23H22F6N2O3. The van der Waals surface area contributed by atoms with Crippen molar-refractivity contribution in [3.63, 3.8) is 0 Å². The van der Waals surface area contributed by atoms with Gasteiger partial charge in [-0.15, -0.1) is 0 Å². The van der Waals surface area contributed by atoms with Crippen molar-refractivity contribution in [2.24, 2.45) is 0 Å². The Hall–Kier alpha value is -3.08. The molecule has 1 saturated heterocycles. The molecule has 3 rings (SSSR count). The Kier molecular flexibility index (Phi) is 7.54. The molecule has 0 N–H and O–H groups in total. The summed E-state index contributed by atoms with van der Waals surface area (Å²) in [5.41, 5.74) is -3.03. The summed E-state index contributed by atoms with van der Waals surface area (Å²) >= 11 is 0. The van der Waals surface area contributed by atoms with E-state index in [4.69, 9.17) is 4.74 Å². The summed E-state index contributed by atoms with van der Waals surface area (Å²) in [7, 11) is 1.35. The van der Waals surface area contributed by atoms with E-state index in [1.54, 1.807) is 30.3 Å². The van der Waals surface area contributed by atoms with Crippen molar-refractivity contribution < 1.29 is 40.7 Å². The van der Waals surface area contributed by atoms with Gasteiger partial charge in [-0.25, -0.2) is 0 Å². The molecular weight excluding hydrogens is 466 g/mol. The van der Waals surface area contributed by atoms with Crippen molar-refractivity contribution in [3.8, 4) is 0 Å². The number of nitrogens with zero attached hydrogens (tertiary/aromatic N) is 2. The number of alkyl halides is 6. The van der Waals surface area contributed by atoms with Crippen LogP contribution in [-0.2, 0) is 28.3 Å². The zero-order chi connectivity index (χ0) is 25.1. The topological polar surface area (TPSA) is 49.9 Å². The highest BCUT2D eigenvalue weighted by Gasteiger charge is 2.39. The molecule has 0 unspecified atom stereocenters. The molecule has 0 spiro atoms. The zero-order valence-corrected chi connectivity index (χ0v) is 18.1. The van der Waals surface area contributed by atoms with E-state index in [0.29, 0.717) is 12.1 Å². The normalized spacial score (nSPS) is 17.1. The third kappa shape index (κ3) is 6.07. The molecule has 1 aliphatic heterocycles. The fraction of sp³-hybridized carbons (Fsp3) is 0.391. The standard InChI is InChI=1S/C23H22F6N2O3/c1-34-14-20(32)30-7-8-31(19(13-30)9-15-5-3-2-4-6-15)21(33)16-10-17(22(24,25)26)12-18(11-16)23(27,28)29/h2-6,10-12,19H,7-9,13-14H2,1H3/t19-/m1/s1. The van der Waals surface area contributed by atoms with Crippen molar-refractivity contribution in [1.29, 1.82) is 0 Å². The third-order valence-corrected chi connectivity index (χ3v) is 5.51. The highest BCUT2D eigenvalue weighted by atomic mass is 19.4. The van der Waals surface area contributed by atoms with Crippen LogP contribution in [0.4, 0.5) is 26.3 Å². The number of methoxy groups -OCH3 is 1. The molecule has 1 aliphatic rings. The maximum absolute atomic E-state index is 13.3. The second kappa shape index (κ2) is 10.0. The van der Waals surface area contributed by atoms with Gasteiger partial charge < -0.3 is 14.5 Å². The minimum absolute atomic E-state index is 0.0143. The Labute approximate surface area is 191 Å². The molecule has 2 amide bonds. The summed E-state index contributed by atoms with van der Waals surface area (Å²) in [4.78, 5) is 28.2. The van der Waals surface area contributed by atoms with E-state index in [-0.39, 0.29) is 44.6 Å². The van der Waals surface area contributed by atoms with Gasteiger partial charge in [0.25, 0.3) is 5.91 Å². The first kappa shape index (κ1) is 25.5. The molecule has 0 aromatic heterocycles. The van der Waals surface area contributed by atoms with Crippen molar-refractivity contribution >= 4 is 11.8 Å². The van der Waals surface area contributed by atoms with Crippen LogP contribution < -0.4 is 0 Å². The van der Waals surface area contributed by atoms with E-state index in [9.17, 15) is 35.9 Å². The first-order valence-electron chi connectivity index (χ1n) is 10.3. The largest absolute Gasteiger partial charge is 0.416 e. The molecule has 0 bridgehead atoms. The molecule has 0 radical (unpaired) electrons. The number of amides is 2. The van der Waals surface area contributed by atoms with Crippen molar-refractivity contribution in [2.45, 2.75) is 24.8 Å². The first-order chi connectivity index (χ1) is 15.9. The summed E-state index contributed by atoms with van der Waals surface area (Å²) < 4.78 is 84.5. The van der Waals surface area contributed by atoms with Gasteiger partial charge in [0, 0.05) is 32.3 Å². The zero-order valence-electron chi connectivity index (χ0n) is 18.1. The minimum Gasteiger partial charge on any atom is -0.375 e. The Morgan fingerprint density at radius 2 is 1.53 bits per heavy atom. The van der Waals surface area contributed by atoms with Crippen LogP contribution in [0.1, 0.15) is 27.0 Å². The van der Waals surface area contributed by atoms with E-state index in [1.807, 2.05) is 0 Å². The van der Waals surface area contributed by atoms with Gasteiger partial charge in [0.1, 0.15) is 6.61 Å². The van der Waals surface area contributed by atoms with Crippen LogP contribution in [0.3, 0.4) is 0 Å². The van der Waals surface area contributed by atoms with Crippen LogP contribution in [0.5, 0.6) is 0 Å². The second-order valence-corrected chi connectivity index (χ2v) is 7.91. The fourth-order valence-electron chi connectivity index (χ4n) is 3.87. The lowest BCUT2D eigenvalue weighted by molar-refractivity contribution is -0.143. The predicted octanol–water partition coefficient (Wildman–Crippen LogP) is 4.27. The average molecular weight is 488 g/mol. The molecule has 5 nitrogen and oxygen atoms in total. The molecule has 1 atom stereocenters. The molecule has 34 heavy (non-hydrogen) atoms. The Bertz CT molecular complexity index is 991. The van der Waals surface area contributed by atoms with E-state index in [1.165, 1.54) is 16.9 Å². The molecule has 2 aromatic carbocycles. The van der Waals surface area contributed by atoms with Crippen LogP contribution in [-0.4, -0.2) is 61.0 Å². The lowest BCUT2D eigenvalue weighted by Gasteiger charge is -2.41. The van der Waals surface area contributed by atoms with Crippen molar-refractivity contribution in [1.82, 2.24) is 9.80 Å². The van der Waals surface area contributed by atoms with Gasteiger partial charge in [0.05, 0.1) is 17.2 Å². The van der Waals surface area contributed by atoms with E-state index < -0.39 is 41.0 Å². The molecule has 2 aromatic rings. The lowest BCUT2D eigenvalue weighted by Crippen LogP contribution is -2.57. The molecule has 11 heteroatoms. The van der Waals surface area contributed by atoms with Crippen LogP contribution in [0.2, 0.25) is 0 Å². The first-order valence-corrected chi connectivity index (χ1v) is 10.3. The number of carbonyl (C=O) groups is 2. The number of benzene rings is 2. The maximum atomic E-state index is 13.3. The molecule has 1 heterocycles. The summed E-state index contributed by atoms with van der Waals surface area (Å²) in [6, 6.07) is 9.06. The highest BCUT2D eigenvalue weighted by Crippen LogP contribution is 2.36. The van der Waals surface area contributed by atoms with E-state index in [0.717, 1.165) is 5.56 Å². The summed E-state index contributed by atoms with van der Waals surface area (Å²) in [6.45, 7) is -0.101. The maximum Gasteiger partial charge on any atom is 0.416 e. The van der Waals surface area contributed by atoms with Gasteiger partial charge in [0.15, 0.2) is 0 Å². The monoisotopic (exact) mass is 488 g/mol. The minimum atomic E-state index is -5.06. The number of piperazine rings is 1. The Morgan fingerprint density at radius 3 is 2.06 bits per heavy atom. The molecule has 1 fully saturated rings. The molecule has 0 saturated carbocycles. The Balaban J connectivity index is 1.97. The van der Waals surface area contributed by atoms with Crippen LogP contribution in [0.15, 0.2) is 48.5 Å². The van der Waals surface area contributed by atoms with Gasteiger partial charge in [-0.3, -0.25) is 9.59 Å². The number of hydrogen-bond acceptors (Lipinski definition) is 3. The highest BCUT2D eigenvalue weighted by molar-refractivity contribution is 5.95. The number of halogens is 6. The third-order valence-electron chi connectivity index (χ3n) is 5.51. The number of rotatable bonds is 5. The van der Waals surface area contributed by atoms with Crippen LogP contribution >= 0.6 is 0 Å². The van der Waals surface area contributed by atoms with Gasteiger partial charge in [-0.2, -0.15) is 26.3 Å². The van der Waals surface area contributed by atoms with Gasteiger partial charge in [-0.05, 0) is 30.2 Å². The number of ether oxygens (including phenoxy) is 1. The van der Waals surface area contributed by atoms with Crippen molar-refractivity contribution in [3.05, 3.63) is 70.8 Å².